The summed E-state index contributed by atoms with van der Waals surface area (Å²) >= 11 is 6.28. The van der Waals surface area contributed by atoms with Crippen LogP contribution in [0.15, 0.2) is 64.4 Å². The molecule has 0 amide bonds. The minimum Gasteiger partial charge on any atom is -0.475 e. The van der Waals surface area contributed by atoms with Crippen molar-refractivity contribution in [3.63, 3.8) is 0 Å². The first-order chi connectivity index (χ1) is 15.5. The van der Waals surface area contributed by atoms with Gasteiger partial charge in [0.25, 0.3) is 5.78 Å². The molecule has 0 unspecified atom stereocenters. The number of esters is 1. The Hall–Kier alpha value is -0.888. The zero-order chi connectivity index (χ0) is 25.8. The van der Waals surface area contributed by atoms with E-state index in [4.69, 9.17) is 46.9 Å². The van der Waals surface area contributed by atoms with Crippen molar-refractivity contribution in [2.45, 2.75) is 24.1 Å². The number of carbonyl (C=O) groups is 4. The molecule has 0 spiro atoms. The predicted molar refractivity (Wildman–Crippen MR) is 146 cm³/mol. The molecule has 2 aromatic carbocycles. The van der Waals surface area contributed by atoms with Crippen LogP contribution in [0, 0.1) is 0 Å². The quantitative estimate of drug-likeness (QED) is 0.0967. The molecule has 34 heavy (non-hydrogen) atoms. The van der Waals surface area contributed by atoms with E-state index in [9.17, 15) is 19.2 Å². The van der Waals surface area contributed by atoms with Crippen LogP contribution in [0.3, 0.4) is 0 Å². The number of rotatable bonds is 6. The molecule has 0 bridgehead atoms. The number of benzene rings is 2. The zero-order valence-corrected chi connectivity index (χ0v) is 23.6. The highest BCUT2D eigenvalue weighted by molar-refractivity contribution is 7.98. The monoisotopic (exact) mass is 604 g/mol. The van der Waals surface area contributed by atoms with Crippen molar-refractivity contribution in [1.29, 1.82) is 0 Å². The Labute approximate surface area is 230 Å². The van der Waals surface area contributed by atoms with Crippen LogP contribution in [0.25, 0.3) is 0 Å². The van der Waals surface area contributed by atoms with E-state index in [1.807, 2.05) is 24.5 Å². The van der Waals surface area contributed by atoms with Gasteiger partial charge < -0.3 is 9.84 Å². The summed E-state index contributed by atoms with van der Waals surface area (Å²) < 4.78 is 4.18. The number of halogens is 4. The smallest absolute Gasteiger partial charge is 0.475 e. The molecule has 1 N–H and O–H groups in total. The van der Waals surface area contributed by atoms with Gasteiger partial charge in [-0.2, -0.15) is 0 Å². The lowest BCUT2D eigenvalue weighted by atomic mass is 10.1. The summed E-state index contributed by atoms with van der Waals surface area (Å²) in [5.74, 6) is -3.28. The molecule has 0 aromatic heterocycles. The SMILES string of the molecule is C.CCOC(=O)C(=O)Cl.CSc1ccc(C(=O)C(=O)O)cc1.CSc1ccccc1.[Cl][Al]([Cl])[Cl]. The Balaban J connectivity index is -0.000000402. The lowest BCUT2D eigenvalue weighted by molar-refractivity contribution is -0.149. The van der Waals surface area contributed by atoms with Gasteiger partial charge in [0.1, 0.15) is 0 Å². The molecular formula is C21H25AlCl4O6S2. The third-order valence-corrected chi connectivity index (χ3v) is 4.60. The highest BCUT2D eigenvalue weighted by Crippen LogP contribution is 2.15. The van der Waals surface area contributed by atoms with Gasteiger partial charge >= 0.3 is 28.6 Å². The van der Waals surface area contributed by atoms with E-state index in [0.717, 1.165) is 4.90 Å². The lowest BCUT2D eigenvalue weighted by Crippen LogP contribution is -2.12. The van der Waals surface area contributed by atoms with Crippen LogP contribution >= 0.6 is 65.3 Å². The minimum absolute atomic E-state index is 0. The van der Waals surface area contributed by atoms with Gasteiger partial charge in [0, 0.05) is 15.4 Å². The second-order valence-corrected chi connectivity index (χ2v) is 13.7. The molecule has 6 nitrogen and oxygen atoms in total. The molecular weight excluding hydrogens is 581 g/mol. The number of aliphatic carboxylic acids is 1. The Kier molecular flexibility index (Phi) is 26.4. The maximum atomic E-state index is 10.9. The van der Waals surface area contributed by atoms with Crippen LogP contribution in [-0.2, 0) is 19.1 Å². The zero-order valence-electron chi connectivity index (χ0n) is 17.8. The number of carbonyl (C=O) groups excluding carboxylic acids is 3. The van der Waals surface area contributed by atoms with E-state index in [1.165, 1.54) is 28.8 Å². The summed E-state index contributed by atoms with van der Waals surface area (Å²) in [5.41, 5.74) is 0.213. The summed E-state index contributed by atoms with van der Waals surface area (Å²) in [4.78, 5) is 43.4. The van der Waals surface area contributed by atoms with Crippen LogP contribution in [0.4, 0.5) is 0 Å². The highest BCUT2D eigenvalue weighted by atomic mass is 35.8. The van der Waals surface area contributed by atoms with Crippen LogP contribution in [0.1, 0.15) is 24.7 Å². The fourth-order valence-corrected chi connectivity index (χ4v) is 2.50. The summed E-state index contributed by atoms with van der Waals surface area (Å²) in [5, 5.41) is 7.33. The van der Waals surface area contributed by atoms with Crippen LogP contribution < -0.4 is 0 Å². The maximum absolute atomic E-state index is 10.9. The third kappa shape index (κ3) is 21.6. The van der Waals surface area contributed by atoms with Crippen molar-refractivity contribution >= 4 is 99.6 Å². The van der Waals surface area contributed by atoms with E-state index in [2.05, 4.69) is 23.1 Å². The average molecular weight is 606 g/mol. The largest absolute Gasteiger partial charge is 0.643 e. The molecule has 0 atom stereocenters. The number of Topliss-reactive ketones (excluding diaryl/α,β-unsaturated/α-hetero) is 1. The van der Waals surface area contributed by atoms with Gasteiger partial charge in [0.15, 0.2) is 0 Å². The molecule has 0 radical (unpaired) electrons. The number of ketones is 1. The molecule has 0 saturated carbocycles. The number of hydrogen-bond donors (Lipinski definition) is 1. The van der Waals surface area contributed by atoms with Crippen molar-refractivity contribution in [3.05, 3.63) is 60.2 Å². The lowest BCUT2D eigenvalue weighted by Gasteiger charge is -1.97. The first-order valence-corrected chi connectivity index (χ1v) is 16.9. The van der Waals surface area contributed by atoms with Crippen molar-refractivity contribution in [1.82, 2.24) is 0 Å². The Bertz CT molecular complexity index is 853. The fourth-order valence-electron chi connectivity index (χ4n) is 1.61. The van der Waals surface area contributed by atoms with Crippen molar-refractivity contribution in [2.24, 2.45) is 0 Å². The number of hydrogen-bond acceptors (Lipinski definition) is 7. The first kappa shape index (κ1) is 37.7. The Morgan fingerprint density at radius 1 is 0.882 bits per heavy atom. The normalized spacial score (nSPS) is 8.56. The van der Waals surface area contributed by atoms with Crippen molar-refractivity contribution < 1.29 is 29.0 Å². The second kappa shape index (κ2) is 23.8. The topological polar surface area (TPSA) is 97.7 Å². The highest BCUT2D eigenvalue weighted by Gasteiger charge is 2.13. The second-order valence-electron chi connectivity index (χ2n) is 5.12. The number of thioether (sulfide) groups is 2. The van der Waals surface area contributed by atoms with Crippen LogP contribution in [0.5, 0.6) is 0 Å². The molecule has 0 aliphatic carbocycles. The van der Waals surface area contributed by atoms with E-state index in [1.54, 1.807) is 30.8 Å². The first-order valence-electron chi connectivity index (χ1n) is 8.79. The van der Waals surface area contributed by atoms with Gasteiger partial charge in [0.05, 0.1) is 6.61 Å². The van der Waals surface area contributed by atoms with Gasteiger partial charge in [-0.3, -0.25) is 9.59 Å². The molecule has 2 rings (SSSR count). The minimum atomic E-state index is -1.72. The summed E-state index contributed by atoms with van der Waals surface area (Å²) in [6, 6.07) is 16.8. The molecule has 0 heterocycles. The van der Waals surface area contributed by atoms with Gasteiger partial charge in [-0.25, -0.2) is 39.7 Å². The van der Waals surface area contributed by atoms with Gasteiger partial charge in [-0.15, -0.1) is 23.5 Å². The Morgan fingerprint density at radius 2 is 1.29 bits per heavy atom. The molecule has 13 heteroatoms. The van der Waals surface area contributed by atoms with Crippen LogP contribution in [0.2, 0.25) is 0 Å². The summed E-state index contributed by atoms with van der Waals surface area (Å²) in [7, 11) is 14.8. The van der Waals surface area contributed by atoms with Gasteiger partial charge in [-0.05, 0) is 67.4 Å². The average Bonchev–Trinajstić information content (AvgIpc) is 2.79. The van der Waals surface area contributed by atoms with E-state index < -0.39 is 34.3 Å². The standard InChI is InChI=1S/C9H8O3S.C7H8S.C4H5ClO3.CH4.Al.3ClH/c1-13-7-4-2-6(3-5-7)8(10)9(11)12;1-8-7-5-3-2-4-6-7;1-2-8-4(7)3(5)6;;;;;/h2-5H,1H3,(H,11,12);2-6H,1H3;2H2,1H3;1H4;;3*1H/q;;;;+3;;;/p-3. The molecule has 0 aliphatic rings. The molecule has 188 valence electrons. The van der Waals surface area contributed by atoms with E-state index in [-0.39, 0.29) is 19.6 Å². The number of carboxylic acid groups (broad SMARTS) is 1. The molecule has 0 aliphatic heterocycles. The molecule has 0 fully saturated rings. The predicted octanol–water partition coefficient (Wildman–Crippen LogP) is 6.72. The third-order valence-electron chi connectivity index (χ3n) is 2.96. The summed E-state index contributed by atoms with van der Waals surface area (Å²) in [6.45, 7) is 1.77. The van der Waals surface area contributed by atoms with E-state index in [0.29, 0.717) is 0 Å². The van der Waals surface area contributed by atoms with Crippen LogP contribution in [-0.4, -0.2) is 58.6 Å². The molecule has 2 aromatic rings. The number of ether oxygens (including phenoxy) is 1. The maximum Gasteiger partial charge on any atom is 0.643 e. The van der Waals surface area contributed by atoms with Gasteiger partial charge in [-0.1, -0.05) is 25.6 Å². The summed E-state index contributed by atoms with van der Waals surface area (Å²) in [6.07, 6.45) is 3.99. The van der Waals surface area contributed by atoms with Crippen molar-refractivity contribution in [2.75, 3.05) is 19.1 Å². The van der Waals surface area contributed by atoms with E-state index >= 15 is 0 Å². The molecule has 0 saturated heterocycles. The van der Waals surface area contributed by atoms with Gasteiger partial charge in [0.2, 0.25) is 0 Å². The Morgan fingerprint density at radius 3 is 1.56 bits per heavy atom. The van der Waals surface area contributed by atoms with Crippen molar-refractivity contribution in [3.8, 4) is 0 Å². The fraction of sp³-hybridized carbons (Fsp3) is 0.238. The number of carboxylic acids is 1.